The van der Waals surface area contributed by atoms with Gasteiger partial charge in [0, 0.05) is 4.47 Å². The molecule has 1 unspecified atom stereocenters. The zero-order valence-corrected chi connectivity index (χ0v) is 14.0. The van der Waals surface area contributed by atoms with Crippen LogP contribution in [0, 0.1) is 5.92 Å². The van der Waals surface area contributed by atoms with Crippen LogP contribution < -0.4 is 10.1 Å². The van der Waals surface area contributed by atoms with E-state index in [2.05, 4.69) is 45.5 Å². The third-order valence-corrected chi connectivity index (χ3v) is 3.94. The number of halogens is 1. The lowest BCUT2D eigenvalue weighted by Crippen LogP contribution is -2.22. The second-order valence-corrected chi connectivity index (χ2v) is 6.12. The minimum absolute atomic E-state index is 0.577. The highest BCUT2D eigenvalue weighted by molar-refractivity contribution is 9.10. The molecule has 1 atom stereocenters. The van der Waals surface area contributed by atoms with Crippen molar-refractivity contribution in [2.75, 3.05) is 20.2 Å². The van der Waals surface area contributed by atoms with Gasteiger partial charge in [-0.25, -0.2) is 0 Å². The summed E-state index contributed by atoms with van der Waals surface area (Å²) in [4.78, 5) is 0. The summed E-state index contributed by atoms with van der Waals surface area (Å²) in [6.45, 7) is 1.76. The molecule has 0 spiro atoms. The van der Waals surface area contributed by atoms with Gasteiger partial charge in [-0.1, -0.05) is 46.3 Å². The Labute approximate surface area is 135 Å². The Kier molecular flexibility index (Phi) is 6.77. The van der Waals surface area contributed by atoms with Crippen molar-refractivity contribution in [2.45, 2.75) is 12.8 Å². The van der Waals surface area contributed by atoms with Crippen molar-refractivity contribution in [3.8, 4) is 5.75 Å². The SMILES string of the molecule is CNCC(CCOc1ccccc1)Cc1cccc(Br)c1. The molecule has 2 aromatic carbocycles. The van der Waals surface area contributed by atoms with Crippen molar-refractivity contribution in [1.82, 2.24) is 5.32 Å². The second-order valence-electron chi connectivity index (χ2n) is 5.21. The molecule has 0 aromatic heterocycles. The van der Waals surface area contributed by atoms with Crippen molar-refractivity contribution in [3.05, 3.63) is 64.6 Å². The Bertz CT molecular complexity index is 530. The van der Waals surface area contributed by atoms with Gasteiger partial charge in [0.25, 0.3) is 0 Å². The fourth-order valence-corrected chi connectivity index (χ4v) is 2.87. The number of hydrogen-bond acceptors (Lipinski definition) is 2. The minimum atomic E-state index is 0.577. The summed E-state index contributed by atoms with van der Waals surface area (Å²) in [6.07, 6.45) is 2.11. The number of ether oxygens (including phenoxy) is 1. The molecule has 0 saturated carbocycles. The van der Waals surface area contributed by atoms with Crippen molar-refractivity contribution in [1.29, 1.82) is 0 Å². The lowest BCUT2D eigenvalue weighted by Gasteiger charge is -2.17. The molecule has 0 heterocycles. The predicted molar refractivity (Wildman–Crippen MR) is 91.8 cm³/mol. The Morgan fingerprint density at radius 1 is 1.10 bits per heavy atom. The first-order valence-electron chi connectivity index (χ1n) is 7.35. The predicted octanol–water partition coefficient (Wildman–Crippen LogP) is 4.30. The summed E-state index contributed by atoms with van der Waals surface area (Å²) >= 11 is 3.53. The van der Waals surface area contributed by atoms with E-state index in [1.165, 1.54) is 5.56 Å². The van der Waals surface area contributed by atoms with Crippen molar-refractivity contribution >= 4 is 15.9 Å². The molecular weight excluding hydrogens is 326 g/mol. The molecule has 3 heteroatoms. The number of nitrogens with one attached hydrogen (secondary N) is 1. The average molecular weight is 348 g/mol. The van der Waals surface area contributed by atoms with E-state index in [4.69, 9.17) is 4.74 Å². The standard InChI is InChI=1S/C18H22BrNO/c1-20-14-16(12-15-6-5-7-17(19)13-15)10-11-21-18-8-3-2-4-9-18/h2-9,13,16,20H,10-12,14H2,1H3. The molecule has 2 nitrogen and oxygen atoms in total. The van der Waals surface area contributed by atoms with Gasteiger partial charge in [-0.05, 0) is 62.2 Å². The van der Waals surface area contributed by atoms with Gasteiger partial charge in [-0.3, -0.25) is 0 Å². The van der Waals surface area contributed by atoms with E-state index in [1.807, 2.05) is 37.4 Å². The fraction of sp³-hybridized carbons (Fsp3) is 0.333. The van der Waals surface area contributed by atoms with Crippen LogP contribution in [0.1, 0.15) is 12.0 Å². The van der Waals surface area contributed by atoms with Crippen molar-refractivity contribution in [2.24, 2.45) is 5.92 Å². The topological polar surface area (TPSA) is 21.3 Å². The van der Waals surface area contributed by atoms with Crippen LogP contribution in [0.2, 0.25) is 0 Å². The largest absolute Gasteiger partial charge is 0.494 e. The Morgan fingerprint density at radius 3 is 2.62 bits per heavy atom. The summed E-state index contributed by atoms with van der Waals surface area (Å²) in [5.41, 5.74) is 1.37. The van der Waals surface area contributed by atoms with Crippen LogP contribution in [0.25, 0.3) is 0 Å². The van der Waals surface area contributed by atoms with Crippen LogP contribution in [0.5, 0.6) is 5.75 Å². The normalized spacial score (nSPS) is 12.1. The van der Waals surface area contributed by atoms with Gasteiger partial charge < -0.3 is 10.1 Å². The molecule has 0 fully saturated rings. The molecule has 0 bridgehead atoms. The van der Waals surface area contributed by atoms with Crippen LogP contribution in [0.4, 0.5) is 0 Å². The quantitative estimate of drug-likeness (QED) is 0.768. The van der Waals surface area contributed by atoms with E-state index < -0.39 is 0 Å². The van der Waals surface area contributed by atoms with Crippen LogP contribution in [0.15, 0.2) is 59.1 Å². The highest BCUT2D eigenvalue weighted by Crippen LogP contribution is 2.17. The summed E-state index contributed by atoms with van der Waals surface area (Å²) in [6, 6.07) is 18.5. The maximum absolute atomic E-state index is 5.81. The molecule has 21 heavy (non-hydrogen) atoms. The molecule has 0 radical (unpaired) electrons. The van der Waals surface area contributed by atoms with Crippen LogP contribution >= 0.6 is 15.9 Å². The number of rotatable bonds is 8. The van der Waals surface area contributed by atoms with Crippen molar-refractivity contribution < 1.29 is 4.74 Å². The van der Waals surface area contributed by atoms with E-state index >= 15 is 0 Å². The van der Waals surface area contributed by atoms with Crippen LogP contribution in [0.3, 0.4) is 0 Å². The molecule has 0 aliphatic rings. The average Bonchev–Trinajstić information content (AvgIpc) is 2.48. The summed E-state index contributed by atoms with van der Waals surface area (Å²) in [5, 5.41) is 3.28. The lowest BCUT2D eigenvalue weighted by atomic mass is 9.96. The summed E-state index contributed by atoms with van der Waals surface area (Å²) in [7, 11) is 2.01. The number of benzene rings is 2. The highest BCUT2D eigenvalue weighted by atomic mass is 79.9. The van der Waals surface area contributed by atoms with Gasteiger partial charge in [0.1, 0.15) is 5.75 Å². The third-order valence-electron chi connectivity index (χ3n) is 3.44. The van der Waals surface area contributed by atoms with E-state index in [0.717, 1.165) is 36.2 Å². The van der Waals surface area contributed by atoms with Gasteiger partial charge in [0.2, 0.25) is 0 Å². The Hall–Kier alpha value is -1.32. The molecule has 112 valence electrons. The zero-order valence-electron chi connectivity index (χ0n) is 12.4. The van der Waals surface area contributed by atoms with Gasteiger partial charge in [-0.15, -0.1) is 0 Å². The second kappa shape index (κ2) is 8.85. The first-order valence-corrected chi connectivity index (χ1v) is 8.14. The molecule has 1 N–H and O–H groups in total. The maximum Gasteiger partial charge on any atom is 0.119 e. The third kappa shape index (κ3) is 5.90. The smallest absolute Gasteiger partial charge is 0.119 e. The molecular formula is C18H22BrNO. The van der Waals surface area contributed by atoms with Gasteiger partial charge in [0.15, 0.2) is 0 Å². The van der Waals surface area contributed by atoms with Gasteiger partial charge in [0.05, 0.1) is 6.61 Å². The van der Waals surface area contributed by atoms with E-state index in [-0.39, 0.29) is 0 Å². The van der Waals surface area contributed by atoms with Crippen LogP contribution in [-0.2, 0) is 6.42 Å². The minimum Gasteiger partial charge on any atom is -0.494 e. The van der Waals surface area contributed by atoms with Crippen molar-refractivity contribution in [3.63, 3.8) is 0 Å². The first kappa shape index (κ1) is 16.1. The Balaban J connectivity index is 1.84. The summed E-state index contributed by atoms with van der Waals surface area (Å²) < 4.78 is 6.95. The molecule has 2 aromatic rings. The van der Waals surface area contributed by atoms with E-state index in [1.54, 1.807) is 0 Å². The fourth-order valence-electron chi connectivity index (χ4n) is 2.42. The van der Waals surface area contributed by atoms with Gasteiger partial charge in [-0.2, -0.15) is 0 Å². The molecule has 0 amide bonds. The molecule has 0 aliphatic carbocycles. The molecule has 2 rings (SSSR count). The van der Waals surface area contributed by atoms with Crippen LogP contribution in [-0.4, -0.2) is 20.2 Å². The number of hydrogen-bond donors (Lipinski definition) is 1. The summed E-state index contributed by atoms with van der Waals surface area (Å²) in [5.74, 6) is 1.52. The zero-order chi connectivity index (χ0) is 14.9. The van der Waals surface area contributed by atoms with E-state index in [9.17, 15) is 0 Å². The first-order chi connectivity index (χ1) is 10.3. The van der Waals surface area contributed by atoms with E-state index in [0.29, 0.717) is 5.92 Å². The Morgan fingerprint density at radius 2 is 1.90 bits per heavy atom. The lowest BCUT2D eigenvalue weighted by molar-refractivity contribution is 0.275. The van der Waals surface area contributed by atoms with Gasteiger partial charge >= 0.3 is 0 Å². The molecule has 0 aliphatic heterocycles. The molecule has 0 saturated heterocycles. The monoisotopic (exact) mass is 347 g/mol. The number of para-hydroxylation sites is 1. The highest BCUT2D eigenvalue weighted by Gasteiger charge is 2.09. The maximum atomic E-state index is 5.81.